The molecule has 0 radical (unpaired) electrons. The molecule has 608 valence electrons. The molecule has 0 aliphatic rings. The Kier molecular flexibility index (Phi) is 74.8. The fraction of sp³-hybridized carbons (Fsp3) is 0.701. The molecule has 19 heteroatoms. The van der Waals surface area contributed by atoms with E-state index in [0.717, 1.165) is 199 Å². The van der Waals surface area contributed by atoms with Gasteiger partial charge in [0.1, 0.15) is 19.3 Å². The average molecular weight is 1530 g/mol. The first-order valence-electron chi connectivity index (χ1n) is 41.4. The number of hydrogen-bond donors (Lipinski definition) is 3. The molecule has 5 unspecified atom stereocenters. The Morgan fingerprint density at radius 3 is 0.783 bits per heavy atom. The van der Waals surface area contributed by atoms with Crippen LogP contribution in [-0.4, -0.2) is 96.7 Å². The van der Waals surface area contributed by atoms with Crippen LogP contribution in [0.25, 0.3) is 0 Å². The number of aliphatic hydroxyl groups is 1. The van der Waals surface area contributed by atoms with E-state index in [-0.39, 0.29) is 25.7 Å². The van der Waals surface area contributed by atoms with Crippen LogP contribution in [0.5, 0.6) is 0 Å². The topological polar surface area (TPSA) is 237 Å². The maximum atomic E-state index is 13.1. The molecule has 0 aliphatic heterocycles. The molecule has 0 spiro atoms. The van der Waals surface area contributed by atoms with E-state index in [4.69, 9.17) is 37.0 Å². The van der Waals surface area contributed by atoms with Gasteiger partial charge in [0, 0.05) is 25.7 Å². The summed E-state index contributed by atoms with van der Waals surface area (Å²) in [6.45, 7) is 4.58. The predicted molar refractivity (Wildman–Crippen MR) is 436 cm³/mol. The van der Waals surface area contributed by atoms with Gasteiger partial charge in [-0.15, -0.1) is 0 Å². The number of ether oxygens (including phenoxy) is 4. The molecule has 0 saturated heterocycles. The lowest BCUT2D eigenvalue weighted by atomic mass is 10.1. The molecule has 0 bridgehead atoms. The highest BCUT2D eigenvalue weighted by Gasteiger charge is 2.30. The van der Waals surface area contributed by atoms with Crippen LogP contribution in [0.2, 0.25) is 0 Å². The van der Waals surface area contributed by atoms with Gasteiger partial charge in [-0.3, -0.25) is 37.3 Å². The van der Waals surface area contributed by atoms with E-state index in [1.807, 2.05) is 0 Å². The third-order valence-electron chi connectivity index (χ3n) is 17.1. The summed E-state index contributed by atoms with van der Waals surface area (Å²) in [5.74, 6) is -2.23. The first kappa shape index (κ1) is 101. The second-order valence-corrected chi connectivity index (χ2v) is 30.2. The van der Waals surface area contributed by atoms with Gasteiger partial charge in [0.05, 0.1) is 26.4 Å². The molecular weight excluding hydrogens is 1380 g/mol. The third-order valence-corrected chi connectivity index (χ3v) is 19.0. The highest BCUT2D eigenvalue weighted by molar-refractivity contribution is 7.47. The lowest BCUT2D eigenvalue weighted by Crippen LogP contribution is -2.30. The normalized spacial score (nSPS) is 14.5. The van der Waals surface area contributed by atoms with Crippen molar-refractivity contribution in [2.45, 2.75) is 354 Å². The van der Waals surface area contributed by atoms with Crippen LogP contribution in [0.3, 0.4) is 0 Å². The molecule has 0 aromatic carbocycles. The molecule has 0 amide bonds. The van der Waals surface area contributed by atoms with E-state index in [1.54, 1.807) is 0 Å². The van der Waals surface area contributed by atoms with Crippen LogP contribution in [0.15, 0.2) is 134 Å². The average Bonchev–Trinajstić information content (AvgIpc) is 0.901. The summed E-state index contributed by atoms with van der Waals surface area (Å²) >= 11 is 0. The summed E-state index contributed by atoms with van der Waals surface area (Å²) in [5, 5.41) is 10.7. The maximum absolute atomic E-state index is 13.1. The Labute approximate surface area is 644 Å². The Bertz CT molecular complexity index is 2530. The molecule has 0 rings (SSSR count). The van der Waals surface area contributed by atoms with Gasteiger partial charge in [0.15, 0.2) is 12.2 Å². The van der Waals surface area contributed by atoms with E-state index in [1.165, 1.54) is 57.8 Å². The maximum Gasteiger partial charge on any atom is 0.472 e. The second kappa shape index (κ2) is 78.3. The molecular formula is C87H148O17P2. The van der Waals surface area contributed by atoms with E-state index >= 15 is 0 Å². The third kappa shape index (κ3) is 77.4. The minimum Gasteiger partial charge on any atom is -0.462 e. The first-order chi connectivity index (χ1) is 51.7. The van der Waals surface area contributed by atoms with Gasteiger partial charge >= 0.3 is 39.5 Å². The Balaban J connectivity index is 5.39. The molecule has 17 nitrogen and oxygen atoms in total. The summed E-state index contributed by atoms with van der Waals surface area (Å²) in [6.07, 6.45) is 88.5. The van der Waals surface area contributed by atoms with Crippen LogP contribution in [0, 0.1) is 0 Å². The van der Waals surface area contributed by atoms with Crippen molar-refractivity contribution in [2.75, 3.05) is 39.6 Å². The zero-order valence-electron chi connectivity index (χ0n) is 66.6. The summed E-state index contributed by atoms with van der Waals surface area (Å²) in [6, 6.07) is 0. The Hall–Kier alpha value is -4.80. The Morgan fingerprint density at radius 1 is 0.274 bits per heavy atom. The van der Waals surface area contributed by atoms with Crippen molar-refractivity contribution < 1.29 is 80.2 Å². The number of esters is 4. The van der Waals surface area contributed by atoms with Gasteiger partial charge in [0.2, 0.25) is 0 Å². The molecule has 0 saturated carbocycles. The molecule has 0 aromatic heterocycles. The molecule has 5 atom stereocenters. The summed E-state index contributed by atoms with van der Waals surface area (Å²) in [4.78, 5) is 73.1. The SMILES string of the molecule is CC/C=C\C/C=C\C/C=C\C/C=C\C/C=C\CCCCCC(=O)OCC(COP(=O)(O)OCC(O)COP(=O)(O)OCC(COC(=O)CCCCCCCCC/C=C\C/C=C\C/C=C\CC)OC(=O)CCCCCCCCCCCCC)OC(=O)CCCCCCCC/C=C\C/C=C\C/C=C\CCCCC. The summed E-state index contributed by atoms with van der Waals surface area (Å²) in [5.41, 5.74) is 0. The summed E-state index contributed by atoms with van der Waals surface area (Å²) < 4.78 is 68.7. The van der Waals surface area contributed by atoms with Crippen LogP contribution in [0.4, 0.5) is 0 Å². The fourth-order valence-electron chi connectivity index (χ4n) is 10.9. The van der Waals surface area contributed by atoms with Gasteiger partial charge in [-0.2, -0.15) is 0 Å². The van der Waals surface area contributed by atoms with Gasteiger partial charge in [-0.05, 0) is 141 Å². The van der Waals surface area contributed by atoms with E-state index < -0.39 is 97.5 Å². The van der Waals surface area contributed by atoms with Crippen molar-refractivity contribution in [3.05, 3.63) is 134 Å². The molecule has 0 aromatic rings. The van der Waals surface area contributed by atoms with E-state index in [2.05, 4.69) is 161 Å². The van der Waals surface area contributed by atoms with Gasteiger partial charge < -0.3 is 33.8 Å². The first-order valence-corrected chi connectivity index (χ1v) is 44.4. The van der Waals surface area contributed by atoms with Crippen LogP contribution >= 0.6 is 15.6 Å². The van der Waals surface area contributed by atoms with Crippen LogP contribution < -0.4 is 0 Å². The number of rotatable bonds is 77. The zero-order valence-corrected chi connectivity index (χ0v) is 68.4. The fourth-order valence-corrected chi connectivity index (χ4v) is 12.4. The predicted octanol–water partition coefficient (Wildman–Crippen LogP) is 24.4. The largest absolute Gasteiger partial charge is 0.472 e. The van der Waals surface area contributed by atoms with Gasteiger partial charge in [-0.25, -0.2) is 9.13 Å². The van der Waals surface area contributed by atoms with Gasteiger partial charge in [0.25, 0.3) is 0 Å². The molecule has 0 fully saturated rings. The number of phosphoric ester groups is 2. The monoisotopic (exact) mass is 1530 g/mol. The minimum absolute atomic E-state index is 0.0701. The molecule has 0 aliphatic carbocycles. The summed E-state index contributed by atoms with van der Waals surface area (Å²) in [7, 11) is -9.98. The number of allylic oxidation sites excluding steroid dienone is 22. The molecule has 106 heavy (non-hydrogen) atoms. The number of carbonyl (C=O) groups is 4. The zero-order chi connectivity index (χ0) is 77.4. The van der Waals surface area contributed by atoms with Crippen molar-refractivity contribution in [2.24, 2.45) is 0 Å². The number of phosphoric acid groups is 2. The second-order valence-electron chi connectivity index (χ2n) is 27.3. The lowest BCUT2D eigenvalue weighted by Gasteiger charge is -2.21. The number of hydrogen-bond acceptors (Lipinski definition) is 15. The molecule has 3 N–H and O–H groups in total. The lowest BCUT2D eigenvalue weighted by molar-refractivity contribution is -0.161. The number of aliphatic hydroxyl groups excluding tert-OH is 1. The van der Waals surface area contributed by atoms with E-state index in [0.29, 0.717) is 25.7 Å². The van der Waals surface area contributed by atoms with Crippen molar-refractivity contribution in [3.63, 3.8) is 0 Å². The Morgan fingerprint density at radius 2 is 0.491 bits per heavy atom. The standard InChI is InChI=1S/C87H148O17P2/c1-5-9-13-17-21-25-29-32-35-38-40-43-46-49-53-56-60-64-68-72-85(90)98-78-83(104-87(92)74-70-66-62-58-54-50-47-44-41-39-36-33-30-26-22-18-14-10-6-2)80-102-106(95,96)100-76-81(88)75-99-105(93,94)101-79-82(103-86(91)73-69-65-61-57-51-28-24-20-16-12-8-4)77-97-84(89)71-67-63-59-55-52-48-45-42-37-34-31-27-23-19-15-11-7-3/h9,11,13,15,21-23,25-27,32-37,40-41,43-44,49,53,81-83,88H,5-8,10,12,14,16-20,24,28-31,38-39,42,45-48,50-52,54-80H2,1-4H3,(H,93,94)(H,95,96)/b13-9-,15-11-,25-21-,26-22-,27-23-,35-32-,36-33-,37-34-,43-40-,44-41-,53-49-. The number of unbranched alkanes of at least 4 members (excludes halogenated alkanes) is 29. The number of carbonyl (C=O) groups excluding carboxylic acids is 4. The van der Waals surface area contributed by atoms with Gasteiger partial charge in [-0.1, -0.05) is 303 Å². The van der Waals surface area contributed by atoms with Crippen LogP contribution in [0.1, 0.15) is 336 Å². The van der Waals surface area contributed by atoms with Crippen molar-refractivity contribution >= 4 is 39.5 Å². The highest BCUT2D eigenvalue weighted by atomic mass is 31.2. The minimum atomic E-state index is -4.99. The van der Waals surface area contributed by atoms with E-state index in [9.17, 15) is 43.2 Å². The van der Waals surface area contributed by atoms with Crippen molar-refractivity contribution in [3.8, 4) is 0 Å². The highest BCUT2D eigenvalue weighted by Crippen LogP contribution is 2.45. The van der Waals surface area contributed by atoms with Crippen molar-refractivity contribution in [1.29, 1.82) is 0 Å². The molecule has 0 heterocycles. The van der Waals surface area contributed by atoms with Crippen molar-refractivity contribution in [1.82, 2.24) is 0 Å². The van der Waals surface area contributed by atoms with Crippen LogP contribution in [-0.2, 0) is 65.4 Å². The quantitative estimate of drug-likeness (QED) is 0.0169. The smallest absolute Gasteiger partial charge is 0.462 e.